The molecule has 0 amide bonds. The van der Waals surface area contributed by atoms with Crippen molar-refractivity contribution < 1.29 is 14.6 Å². The Balaban J connectivity index is 0.00000324. The van der Waals surface area contributed by atoms with Crippen LogP contribution in [-0.2, 0) is 9.53 Å². The second kappa shape index (κ2) is 7.28. The minimum Gasteiger partial charge on any atom is -0.506 e. The van der Waals surface area contributed by atoms with Gasteiger partial charge >= 0.3 is 5.97 Å². The normalized spacial score (nSPS) is 12.5. The van der Waals surface area contributed by atoms with Gasteiger partial charge in [0.1, 0.15) is 5.75 Å². The molecular formula is C12H16ClI2NO3. The second-order valence-corrected chi connectivity index (χ2v) is 6.85. The van der Waals surface area contributed by atoms with Gasteiger partial charge < -0.3 is 15.6 Å². The van der Waals surface area contributed by atoms with E-state index in [9.17, 15) is 9.90 Å². The zero-order chi connectivity index (χ0) is 14.1. The Kier molecular flexibility index (Phi) is 7.35. The monoisotopic (exact) mass is 511 g/mol. The Morgan fingerprint density at radius 1 is 1.37 bits per heavy atom. The van der Waals surface area contributed by atoms with Gasteiger partial charge in [0.2, 0.25) is 0 Å². The molecule has 0 aliphatic rings. The lowest BCUT2D eigenvalue weighted by molar-refractivity contribution is -0.152. The molecule has 0 aliphatic heterocycles. The molecule has 108 valence electrons. The van der Waals surface area contributed by atoms with E-state index < -0.39 is 11.5 Å². The predicted octanol–water partition coefficient (Wildman–Crippen LogP) is 3.22. The number of phenols is 1. The number of nitrogens with two attached hydrogens (primary N) is 1. The number of carbonyl (C=O) groups is 1. The molecule has 4 nitrogen and oxygen atoms in total. The lowest BCUT2D eigenvalue weighted by atomic mass is 9.81. The lowest BCUT2D eigenvalue weighted by Gasteiger charge is -2.29. The Bertz CT molecular complexity index is 457. The van der Waals surface area contributed by atoms with E-state index in [2.05, 4.69) is 0 Å². The number of methoxy groups -OCH3 is 1. The van der Waals surface area contributed by atoms with Crippen LogP contribution in [0.25, 0.3) is 0 Å². The number of carbonyl (C=O) groups excluding carboxylic acids is 1. The summed E-state index contributed by atoms with van der Waals surface area (Å²) in [5.74, 6) is -0.115. The summed E-state index contributed by atoms with van der Waals surface area (Å²) in [7, 11) is 1.35. The maximum atomic E-state index is 11.7. The number of halogens is 3. The predicted molar refractivity (Wildman–Crippen MR) is 93.5 cm³/mol. The van der Waals surface area contributed by atoms with Crippen molar-refractivity contribution in [3.8, 4) is 5.75 Å². The van der Waals surface area contributed by atoms with Gasteiger partial charge in [-0.2, -0.15) is 0 Å². The fourth-order valence-corrected chi connectivity index (χ4v) is 3.39. The SMILES string of the molecule is COC(=O)C(C)(C)[C@H](N)c1cc(I)c(O)c(I)c1.Cl. The maximum absolute atomic E-state index is 11.7. The third-order valence-corrected chi connectivity index (χ3v) is 4.53. The van der Waals surface area contributed by atoms with E-state index in [4.69, 9.17) is 10.5 Å². The molecule has 0 heterocycles. The first kappa shape index (κ1) is 19.2. The van der Waals surface area contributed by atoms with Gasteiger partial charge in [-0.3, -0.25) is 4.79 Å². The van der Waals surface area contributed by atoms with Gasteiger partial charge in [0.25, 0.3) is 0 Å². The standard InChI is InChI=1S/C12H15I2NO3.ClH/c1-12(2,11(17)18-3)10(15)6-4-7(13)9(16)8(14)5-6;/h4-5,10,16H,15H2,1-3H3;1H/t10-;/m1./s1. The maximum Gasteiger partial charge on any atom is 0.313 e. The van der Waals surface area contributed by atoms with Crippen LogP contribution in [0.2, 0.25) is 0 Å². The Morgan fingerprint density at radius 2 is 1.79 bits per heavy atom. The molecule has 0 saturated carbocycles. The quantitative estimate of drug-likeness (QED) is 0.483. The first-order valence-electron chi connectivity index (χ1n) is 5.23. The van der Waals surface area contributed by atoms with Crippen LogP contribution in [-0.4, -0.2) is 18.2 Å². The van der Waals surface area contributed by atoms with E-state index in [0.29, 0.717) is 7.14 Å². The molecule has 0 spiro atoms. The highest BCUT2D eigenvalue weighted by atomic mass is 127. The number of phenolic OH excluding ortho intramolecular Hbond substituents is 1. The number of rotatable bonds is 3. The van der Waals surface area contributed by atoms with Crippen molar-refractivity contribution in [2.75, 3.05) is 7.11 Å². The lowest BCUT2D eigenvalue weighted by Crippen LogP contribution is -2.37. The van der Waals surface area contributed by atoms with Crippen molar-refractivity contribution in [1.29, 1.82) is 0 Å². The number of aromatic hydroxyl groups is 1. The molecule has 1 rings (SSSR count). The van der Waals surface area contributed by atoms with Crippen molar-refractivity contribution >= 4 is 63.6 Å². The molecule has 0 fully saturated rings. The van der Waals surface area contributed by atoms with Crippen LogP contribution in [0.5, 0.6) is 5.75 Å². The van der Waals surface area contributed by atoms with Crippen molar-refractivity contribution in [3.05, 3.63) is 24.8 Å². The molecule has 0 unspecified atom stereocenters. The topological polar surface area (TPSA) is 72.5 Å². The van der Waals surface area contributed by atoms with E-state index in [1.54, 1.807) is 26.0 Å². The summed E-state index contributed by atoms with van der Waals surface area (Å²) in [6.07, 6.45) is 0. The van der Waals surface area contributed by atoms with Crippen molar-refractivity contribution in [1.82, 2.24) is 0 Å². The number of hydrogen-bond acceptors (Lipinski definition) is 4. The molecule has 0 bridgehead atoms. The van der Waals surface area contributed by atoms with Crippen LogP contribution in [0.15, 0.2) is 12.1 Å². The second-order valence-electron chi connectivity index (χ2n) is 4.52. The summed E-state index contributed by atoms with van der Waals surface area (Å²) < 4.78 is 6.20. The Hall–Kier alpha value is 0.200. The number of esters is 1. The third kappa shape index (κ3) is 4.08. The summed E-state index contributed by atoms with van der Waals surface area (Å²) in [4.78, 5) is 11.7. The molecule has 0 aliphatic carbocycles. The fraction of sp³-hybridized carbons (Fsp3) is 0.417. The molecule has 1 aromatic rings. The van der Waals surface area contributed by atoms with Crippen LogP contribution in [0.4, 0.5) is 0 Å². The van der Waals surface area contributed by atoms with E-state index in [1.165, 1.54) is 7.11 Å². The van der Waals surface area contributed by atoms with Gasteiger partial charge in [0.05, 0.1) is 19.7 Å². The van der Waals surface area contributed by atoms with Crippen LogP contribution in [0.1, 0.15) is 25.5 Å². The first-order chi connectivity index (χ1) is 8.21. The third-order valence-electron chi connectivity index (χ3n) is 2.89. The van der Waals surface area contributed by atoms with E-state index >= 15 is 0 Å². The summed E-state index contributed by atoms with van der Waals surface area (Å²) in [5.41, 5.74) is 6.13. The fourth-order valence-electron chi connectivity index (χ4n) is 1.57. The van der Waals surface area contributed by atoms with Crippen LogP contribution >= 0.6 is 57.6 Å². The Morgan fingerprint density at radius 3 is 2.16 bits per heavy atom. The van der Waals surface area contributed by atoms with E-state index in [-0.39, 0.29) is 24.1 Å². The van der Waals surface area contributed by atoms with Gasteiger partial charge in [0, 0.05) is 6.04 Å². The average Bonchev–Trinajstić information content (AvgIpc) is 2.33. The first-order valence-corrected chi connectivity index (χ1v) is 7.39. The molecule has 3 N–H and O–H groups in total. The number of benzene rings is 1. The van der Waals surface area contributed by atoms with Crippen LogP contribution in [0, 0.1) is 12.6 Å². The van der Waals surface area contributed by atoms with Crippen LogP contribution < -0.4 is 5.73 Å². The van der Waals surface area contributed by atoms with Crippen molar-refractivity contribution in [2.45, 2.75) is 19.9 Å². The zero-order valence-electron chi connectivity index (χ0n) is 10.7. The van der Waals surface area contributed by atoms with E-state index in [0.717, 1.165) is 5.56 Å². The summed E-state index contributed by atoms with van der Waals surface area (Å²) in [6, 6.07) is 3.08. The summed E-state index contributed by atoms with van der Waals surface area (Å²) in [6.45, 7) is 3.49. The minimum absolute atomic E-state index is 0. The smallest absolute Gasteiger partial charge is 0.313 e. The van der Waals surface area contributed by atoms with Gasteiger partial charge in [-0.25, -0.2) is 0 Å². The molecule has 0 aromatic heterocycles. The molecule has 1 atom stereocenters. The zero-order valence-corrected chi connectivity index (χ0v) is 15.9. The van der Waals surface area contributed by atoms with Crippen molar-refractivity contribution in [3.63, 3.8) is 0 Å². The molecule has 1 aromatic carbocycles. The molecule has 7 heteroatoms. The molecule has 0 saturated heterocycles. The number of hydrogen-bond donors (Lipinski definition) is 2. The van der Waals surface area contributed by atoms with Crippen molar-refractivity contribution in [2.24, 2.45) is 11.1 Å². The van der Waals surface area contributed by atoms with Gasteiger partial charge in [-0.05, 0) is 76.7 Å². The summed E-state index contributed by atoms with van der Waals surface area (Å²) in [5, 5.41) is 9.72. The van der Waals surface area contributed by atoms with Gasteiger partial charge in [-0.1, -0.05) is 0 Å². The van der Waals surface area contributed by atoms with Crippen LogP contribution in [0.3, 0.4) is 0 Å². The van der Waals surface area contributed by atoms with Gasteiger partial charge in [0.15, 0.2) is 0 Å². The highest BCUT2D eigenvalue weighted by Crippen LogP contribution is 2.36. The highest BCUT2D eigenvalue weighted by molar-refractivity contribution is 14.1. The summed E-state index contributed by atoms with van der Waals surface area (Å²) >= 11 is 4.07. The minimum atomic E-state index is -0.822. The van der Waals surface area contributed by atoms with E-state index in [1.807, 2.05) is 45.2 Å². The molecule has 0 radical (unpaired) electrons. The largest absolute Gasteiger partial charge is 0.506 e. The number of ether oxygens (including phenoxy) is 1. The highest BCUT2D eigenvalue weighted by Gasteiger charge is 2.37. The molecule has 19 heavy (non-hydrogen) atoms. The van der Waals surface area contributed by atoms with Gasteiger partial charge in [-0.15, -0.1) is 12.4 Å². The average molecular weight is 512 g/mol. The molecular weight excluding hydrogens is 495 g/mol. The Labute approximate surface area is 146 Å².